The van der Waals surface area contributed by atoms with Crippen LogP contribution in [-0.4, -0.2) is 43.4 Å². The van der Waals surface area contributed by atoms with Crippen LogP contribution in [0.1, 0.15) is 24.0 Å². The van der Waals surface area contributed by atoms with E-state index in [4.69, 9.17) is 0 Å². The summed E-state index contributed by atoms with van der Waals surface area (Å²) in [5.41, 5.74) is 5.75. The maximum atomic E-state index is 11.6. The molecule has 1 atom stereocenters. The Hall–Kier alpha value is -3.26. The van der Waals surface area contributed by atoms with Crippen molar-refractivity contribution < 1.29 is 13.9 Å². The highest BCUT2D eigenvalue weighted by Crippen LogP contribution is 2.35. The summed E-state index contributed by atoms with van der Waals surface area (Å²) in [4.78, 5) is 7.00. The number of hydrogen-bond donors (Lipinski definition) is 2. The quantitative estimate of drug-likeness (QED) is 0.326. The summed E-state index contributed by atoms with van der Waals surface area (Å²) >= 11 is -2.26. The average molecular weight is 487 g/mol. The van der Waals surface area contributed by atoms with Gasteiger partial charge in [0.2, 0.25) is 0 Å². The summed E-state index contributed by atoms with van der Waals surface area (Å²) in [6, 6.07) is 21.2. The van der Waals surface area contributed by atoms with Crippen molar-refractivity contribution in [3.63, 3.8) is 0 Å². The van der Waals surface area contributed by atoms with Crippen LogP contribution in [0.4, 0.5) is 11.4 Å². The molecule has 2 heterocycles. The van der Waals surface area contributed by atoms with Gasteiger partial charge in [0.15, 0.2) is 0 Å². The third-order valence-electron chi connectivity index (χ3n) is 6.55. The van der Waals surface area contributed by atoms with E-state index in [9.17, 15) is 13.9 Å². The Bertz CT molecular complexity index is 1370. The van der Waals surface area contributed by atoms with Gasteiger partial charge in [-0.1, -0.05) is 47.5 Å². The van der Waals surface area contributed by atoms with E-state index in [1.165, 1.54) is 31.5 Å². The molecular formula is C28H28N3O3S-. The number of hydrogen-bond acceptors (Lipinski definition) is 6. The Labute approximate surface area is 207 Å². The summed E-state index contributed by atoms with van der Waals surface area (Å²) < 4.78 is 23.2. The summed E-state index contributed by atoms with van der Waals surface area (Å²) in [5, 5.41) is 14.7. The van der Waals surface area contributed by atoms with E-state index in [-0.39, 0.29) is 11.5 Å². The fourth-order valence-electron chi connectivity index (χ4n) is 4.75. The lowest BCUT2D eigenvalue weighted by atomic mass is 10.0. The van der Waals surface area contributed by atoms with E-state index < -0.39 is 11.1 Å². The molecule has 1 aromatic heterocycles. The summed E-state index contributed by atoms with van der Waals surface area (Å²) in [6.07, 6.45) is 5.16. The largest absolute Gasteiger partial charge is 0.772 e. The number of likely N-dealkylation sites (tertiary alicyclic amines) is 1. The van der Waals surface area contributed by atoms with Crippen molar-refractivity contribution >= 4 is 33.4 Å². The maximum Gasteiger partial charge on any atom is 0.123 e. The number of pyridine rings is 1. The predicted octanol–water partition coefficient (Wildman–Crippen LogP) is 5.37. The fraction of sp³-hybridized carbons (Fsp3) is 0.250. The van der Waals surface area contributed by atoms with Crippen LogP contribution < -0.4 is 5.32 Å². The second-order valence-corrected chi connectivity index (χ2v) is 9.88. The van der Waals surface area contributed by atoms with Crippen molar-refractivity contribution in [3.8, 4) is 16.9 Å². The van der Waals surface area contributed by atoms with E-state index >= 15 is 0 Å². The highest BCUT2D eigenvalue weighted by atomic mass is 32.2. The van der Waals surface area contributed by atoms with Crippen LogP contribution in [-0.2, 0) is 23.3 Å². The number of nitrogens with one attached hydrogen (secondary N) is 1. The smallest absolute Gasteiger partial charge is 0.123 e. The number of rotatable bonds is 8. The van der Waals surface area contributed by atoms with E-state index in [1.54, 1.807) is 18.3 Å². The molecule has 0 amide bonds. The third-order valence-corrected chi connectivity index (χ3v) is 7.09. The van der Waals surface area contributed by atoms with Gasteiger partial charge in [0.1, 0.15) is 5.75 Å². The van der Waals surface area contributed by atoms with Gasteiger partial charge in [-0.3, -0.25) is 9.19 Å². The summed E-state index contributed by atoms with van der Waals surface area (Å²) in [7, 11) is 0. The van der Waals surface area contributed by atoms with Crippen LogP contribution in [0.2, 0.25) is 0 Å². The molecule has 7 heteroatoms. The van der Waals surface area contributed by atoms with Crippen LogP contribution in [0.15, 0.2) is 72.9 Å². The molecule has 1 aliphatic rings. The first-order valence-electron chi connectivity index (χ1n) is 11.9. The molecule has 1 unspecified atom stereocenters. The van der Waals surface area contributed by atoms with E-state index in [0.29, 0.717) is 16.8 Å². The number of fused-ring (bicyclic) bond motifs is 1. The van der Waals surface area contributed by atoms with Crippen LogP contribution in [0, 0.1) is 0 Å². The first kappa shape index (κ1) is 23.5. The second kappa shape index (κ2) is 10.6. The topological polar surface area (TPSA) is 88.5 Å². The van der Waals surface area contributed by atoms with Crippen molar-refractivity contribution in [1.29, 1.82) is 0 Å². The molecule has 5 rings (SSSR count). The summed E-state index contributed by atoms with van der Waals surface area (Å²) in [5.74, 6) is 0.0534. The molecule has 2 N–H and O–H groups in total. The van der Waals surface area contributed by atoms with Gasteiger partial charge < -0.3 is 19.9 Å². The minimum atomic E-state index is -2.26. The molecule has 0 aliphatic carbocycles. The van der Waals surface area contributed by atoms with Gasteiger partial charge in [0, 0.05) is 40.7 Å². The van der Waals surface area contributed by atoms with Crippen LogP contribution in [0.5, 0.6) is 5.75 Å². The van der Waals surface area contributed by atoms with Crippen LogP contribution in [0.25, 0.3) is 22.0 Å². The van der Waals surface area contributed by atoms with Crippen molar-refractivity contribution in [2.24, 2.45) is 0 Å². The molecule has 1 aliphatic heterocycles. The van der Waals surface area contributed by atoms with Crippen molar-refractivity contribution in [2.45, 2.75) is 25.0 Å². The molecule has 35 heavy (non-hydrogen) atoms. The molecule has 0 bridgehead atoms. The van der Waals surface area contributed by atoms with Crippen LogP contribution >= 0.6 is 0 Å². The standard InChI is InChI=1S/C28H29N3O3S/c32-27-9-2-1-8-24(27)21-10-11-26-25(17-21)28(22(18-29-26)19-35(33)34)30-23-7-5-6-20(16-23)12-15-31-13-3-4-14-31/h1-2,5-11,16-18,32H,3-4,12-15,19H2,(H,29,30)(H,33,34)/p-1. The van der Waals surface area contributed by atoms with Crippen LogP contribution in [0.3, 0.4) is 0 Å². The first-order valence-corrected chi connectivity index (χ1v) is 13.2. The highest BCUT2D eigenvalue weighted by Gasteiger charge is 2.14. The minimum absolute atomic E-state index is 0.138. The molecule has 1 fully saturated rings. The van der Waals surface area contributed by atoms with E-state index in [2.05, 4.69) is 27.3 Å². The SMILES string of the molecule is O=S([O-])Cc1cnc2ccc(-c3ccccc3O)cc2c1Nc1cccc(CCN2CCCC2)c1. The van der Waals surface area contributed by atoms with Crippen molar-refractivity contribution in [2.75, 3.05) is 25.0 Å². The van der Waals surface area contributed by atoms with Crippen molar-refractivity contribution in [3.05, 3.63) is 84.1 Å². The molecule has 0 spiro atoms. The Morgan fingerprint density at radius 1 is 1.03 bits per heavy atom. The van der Waals surface area contributed by atoms with Gasteiger partial charge in [-0.05, 0) is 73.8 Å². The zero-order valence-electron chi connectivity index (χ0n) is 19.4. The number of aromatic nitrogens is 1. The van der Waals surface area contributed by atoms with Crippen molar-refractivity contribution in [1.82, 2.24) is 9.88 Å². The van der Waals surface area contributed by atoms with Gasteiger partial charge in [-0.25, -0.2) is 0 Å². The molecule has 1 saturated heterocycles. The molecule has 3 aromatic carbocycles. The number of nitrogens with zero attached hydrogens (tertiary/aromatic N) is 2. The number of aromatic hydroxyl groups is 1. The minimum Gasteiger partial charge on any atom is -0.772 e. The molecule has 4 aromatic rings. The van der Waals surface area contributed by atoms with Gasteiger partial charge in [0.25, 0.3) is 0 Å². The zero-order valence-corrected chi connectivity index (χ0v) is 20.3. The maximum absolute atomic E-state index is 11.6. The second-order valence-electron chi connectivity index (χ2n) is 8.98. The normalized spacial score (nSPS) is 14.9. The average Bonchev–Trinajstić information content (AvgIpc) is 3.38. The number of phenols is 1. The monoisotopic (exact) mass is 486 g/mol. The predicted molar refractivity (Wildman–Crippen MR) is 141 cm³/mol. The third kappa shape index (κ3) is 5.53. The molecular weight excluding hydrogens is 458 g/mol. The van der Waals surface area contributed by atoms with Gasteiger partial charge >= 0.3 is 0 Å². The number of benzene rings is 3. The van der Waals surface area contributed by atoms with E-state index in [0.717, 1.165) is 35.1 Å². The number of anilines is 2. The summed E-state index contributed by atoms with van der Waals surface area (Å²) in [6.45, 7) is 3.40. The Kier molecular flexibility index (Phi) is 7.08. The Balaban J connectivity index is 1.52. The lowest BCUT2D eigenvalue weighted by molar-refractivity contribution is 0.343. The number of phenolic OH excluding ortho intramolecular Hbond substituents is 1. The number of para-hydroxylation sites is 1. The molecule has 180 valence electrons. The zero-order chi connectivity index (χ0) is 24.2. The van der Waals surface area contributed by atoms with Gasteiger partial charge in [-0.15, -0.1) is 0 Å². The highest BCUT2D eigenvalue weighted by molar-refractivity contribution is 7.78. The lowest BCUT2D eigenvalue weighted by Gasteiger charge is -2.18. The molecule has 6 nitrogen and oxygen atoms in total. The molecule has 0 radical (unpaired) electrons. The van der Waals surface area contributed by atoms with E-state index in [1.807, 2.05) is 42.5 Å². The van der Waals surface area contributed by atoms with Gasteiger partial charge in [0.05, 0.1) is 11.2 Å². The molecule has 0 saturated carbocycles. The Morgan fingerprint density at radius 3 is 2.66 bits per heavy atom. The lowest BCUT2D eigenvalue weighted by Crippen LogP contribution is -2.21. The first-order chi connectivity index (χ1) is 17.1. The Morgan fingerprint density at radius 2 is 1.86 bits per heavy atom. The van der Waals surface area contributed by atoms with Gasteiger partial charge in [-0.2, -0.15) is 0 Å². The fourth-order valence-corrected chi connectivity index (χ4v) is 5.22.